The minimum atomic E-state index is -0.592. The first-order chi connectivity index (χ1) is 16.3. The maximum Gasteiger partial charge on any atom is 0.101 e. The van der Waals surface area contributed by atoms with Crippen molar-refractivity contribution >= 4 is 0 Å². The highest BCUT2D eigenvalue weighted by molar-refractivity contribution is 4.52. The Bertz CT molecular complexity index is 346. The molecule has 0 rings (SSSR count). The van der Waals surface area contributed by atoms with Crippen LogP contribution < -0.4 is 0 Å². The molecule has 1 atom stereocenters. The van der Waals surface area contributed by atoms with E-state index >= 15 is 0 Å². The lowest BCUT2D eigenvalue weighted by molar-refractivity contribution is -0.0398. The highest BCUT2D eigenvalue weighted by atomic mass is 16.6. The summed E-state index contributed by atoms with van der Waals surface area (Å²) in [6, 6.07) is 0. The third-order valence-electron chi connectivity index (χ3n) is 4.99. The molecule has 0 saturated carbocycles. The molecule has 1 unspecified atom stereocenters. The number of aliphatic hydroxyl groups excluding tert-OH is 2. The number of unbranched alkanes of at least 4 members (excludes halogenated alkanes) is 9. The van der Waals surface area contributed by atoms with E-state index in [-0.39, 0.29) is 13.2 Å². The largest absolute Gasteiger partial charge is 0.394 e. The first kappa shape index (κ1) is 32.7. The van der Waals surface area contributed by atoms with Crippen molar-refractivity contribution in [3.05, 3.63) is 0 Å². The fourth-order valence-electron chi connectivity index (χ4n) is 3.12. The first-order valence-corrected chi connectivity index (χ1v) is 13.1. The third kappa shape index (κ3) is 29.6. The average Bonchev–Trinajstić information content (AvgIpc) is 2.82. The van der Waals surface area contributed by atoms with E-state index in [0.29, 0.717) is 72.7 Å². The predicted octanol–water partition coefficient (Wildman–Crippen LogP) is 3.36. The van der Waals surface area contributed by atoms with E-state index in [4.69, 9.17) is 33.5 Å². The second kappa shape index (κ2) is 29.7. The normalized spacial score (nSPS) is 12.5. The topological polar surface area (TPSA) is 95.8 Å². The van der Waals surface area contributed by atoms with E-state index in [1.54, 1.807) is 0 Å². The van der Waals surface area contributed by atoms with Crippen molar-refractivity contribution in [2.75, 3.05) is 85.9 Å². The first-order valence-electron chi connectivity index (χ1n) is 13.1. The molecule has 8 nitrogen and oxygen atoms in total. The monoisotopic (exact) mass is 480 g/mol. The Morgan fingerprint density at radius 3 is 1.27 bits per heavy atom. The standard InChI is InChI=1S/C25H52O8/c1-2-3-4-5-6-7-8-9-10-11-13-32-23-25(27)24-33-22-21-31-20-19-30-18-17-29-16-15-28-14-12-26/h25-27H,2-24H2,1H3. The molecule has 0 aromatic heterocycles. The number of rotatable bonds is 29. The Labute approximate surface area is 202 Å². The van der Waals surface area contributed by atoms with Crippen LogP contribution in [0.4, 0.5) is 0 Å². The van der Waals surface area contributed by atoms with Crippen molar-refractivity contribution in [2.45, 2.75) is 77.2 Å². The lowest BCUT2D eigenvalue weighted by Gasteiger charge is -2.12. The molecule has 0 aromatic carbocycles. The maximum atomic E-state index is 9.87. The summed E-state index contributed by atoms with van der Waals surface area (Å²) >= 11 is 0. The fraction of sp³-hybridized carbons (Fsp3) is 1.00. The van der Waals surface area contributed by atoms with Crippen LogP contribution in [-0.4, -0.2) is 102 Å². The summed E-state index contributed by atoms with van der Waals surface area (Å²) in [5, 5.41) is 18.4. The molecule has 0 saturated heterocycles. The minimum Gasteiger partial charge on any atom is -0.394 e. The summed E-state index contributed by atoms with van der Waals surface area (Å²) in [7, 11) is 0. The zero-order valence-corrected chi connectivity index (χ0v) is 21.2. The van der Waals surface area contributed by atoms with Gasteiger partial charge in [-0.1, -0.05) is 64.7 Å². The molecule has 0 bridgehead atoms. The number of ether oxygens (including phenoxy) is 6. The summed E-state index contributed by atoms with van der Waals surface area (Å²) in [5.74, 6) is 0. The number of hydrogen-bond acceptors (Lipinski definition) is 8. The Hall–Kier alpha value is -0.320. The molecule has 8 heteroatoms. The van der Waals surface area contributed by atoms with E-state index < -0.39 is 6.10 Å². The Kier molecular flexibility index (Phi) is 29.4. The second-order valence-corrected chi connectivity index (χ2v) is 8.16. The molecule has 200 valence electrons. The summed E-state index contributed by atoms with van der Waals surface area (Å²) in [6.07, 6.45) is 12.5. The van der Waals surface area contributed by atoms with Gasteiger partial charge in [0, 0.05) is 6.61 Å². The van der Waals surface area contributed by atoms with Gasteiger partial charge in [0.25, 0.3) is 0 Å². The summed E-state index contributed by atoms with van der Waals surface area (Å²) in [5.41, 5.74) is 0. The number of hydrogen-bond donors (Lipinski definition) is 2. The second-order valence-electron chi connectivity index (χ2n) is 8.16. The smallest absolute Gasteiger partial charge is 0.101 e. The molecule has 0 aliphatic heterocycles. The zero-order valence-electron chi connectivity index (χ0n) is 21.2. The molecule has 0 aliphatic carbocycles. The molecule has 0 radical (unpaired) electrons. The van der Waals surface area contributed by atoms with Gasteiger partial charge < -0.3 is 38.6 Å². The van der Waals surface area contributed by atoms with Crippen molar-refractivity contribution in [3.63, 3.8) is 0 Å². The van der Waals surface area contributed by atoms with Crippen LogP contribution in [0.3, 0.4) is 0 Å². The predicted molar refractivity (Wildman–Crippen MR) is 130 cm³/mol. The van der Waals surface area contributed by atoms with Gasteiger partial charge in [-0.2, -0.15) is 0 Å². The van der Waals surface area contributed by atoms with E-state index in [2.05, 4.69) is 6.92 Å². The van der Waals surface area contributed by atoms with E-state index in [1.807, 2.05) is 0 Å². The Morgan fingerprint density at radius 1 is 0.455 bits per heavy atom. The Morgan fingerprint density at radius 2 is 0.818 bits per heavy atom. The van der Waals surface area contributed by atoms with Gasteiger partial charge in [-0.25, -0.2) is 0 Å². The lowest BCUT2D eigenvalue weighted by Crippen LogP contribution is -2.23. The highest BCUT2D eigenvalue weighted by Crippen LogP contribution is 2.10. The van der Waals surface area contributed by atoms with Gasteiger partial charge >= 0.3 is 0 Å². The molecule has 0 heterocycles. The molecule has 0 aliphatic rings. The van der Waals surface area contributed by atoms with Crippen molar-refractivity contribution in [2.24, 2.45) is 0 Å². The molecule has 0 spiro atoms. The van der Waals surface area contributed by atoms with Gasteiger partial charge in [0.05, 0.1) is 79.3 Å². The molecular weight excluding hydrogens is 428 g/mol. The van der Waals surface area contributed by atoms with Crippen LogP contribution in [0.5, 0.6) is 0 Å². The van der Waals surface area contributed by atoms with E-state index in [1.165, 1.54) is 57.8 Å². The molecule has 0 fully saturated rings. The van der Waals surface area contributed by atoms with Gasteiger partial charge in [0.15, 0.2) is 0 Å². The van der Waals surface area contributed by atoms with Crippen molar-refractivity contribution < 1.29 is 38.6 Å². The van der Waals surface area contributed by atoms with Gasteiger partial charge in [-0.05, 0) is 6.42 Å². The molecular formula is C25H52O8. The maximum absolute atomic E-state index is 9.87. The quantitative estimate of drug-likeness (QED) is 0.157. The number of aliphatic hydroxyl groups is 2. The molecule has 0 aromatic rings. The van der Waals surface area contributed by atoms with E-state index in [9.17, 15) is 5.11 Å². The van der Waals surface area contributed by atoms with Crippen molar-refractivity contribution in [1.29, 1.82) is 0 Å². The van der Waals surface area contributed by atoms with Gasteiger partial charge in [-0.3, -0.25) is 0 Å². The van der Waals surface area contributed by atoms with Crippen molar-refractivity contribution in [3.8, 4) is 0 Å². The van der Waals surface area contributed by atoms with Crippen LogP contribution >= 0.6 is 0 Å². The zero-order chi connectivity index (χ0) is 24.1. The van der Waals surface area contributed by atoms with E-state index in [0.717, 1.165) is 6.42 Å². The van der Waals surface area contributed by atoms with Gasteiger partial charge in [0.2, 0.25) is 0 Å². The van der Waals surface area contributed by atoms with Crippen LogP contribution in [0, 0.1) is 0 Å². The Balaban J connectivity index is 3.13. The fourth-order valence-corrected chi connectivity index (χ4v) is 3.12. The summed E-state index contributed by atoms with van der Waals surface area (Å²) < 4.78 is 32.1. The van der Waals surface area contributed by atoms with Crippen LogP contribution in [-0.2, 0) is 28.4 Å². The minimum absolute atomic E-state index is 0.0304. The molecule has 33 heavy (non-hydrogen) atoms. The third-order valence-corrected chi connectivity index (χ3v) is 4.99. The van der Waals surface area contributed by atoms with Crippen molar-refractivity contribution in [1.82, 2.24) is 0 Å². The average molecular weight is 481 g/mol. The highest BCUT2D eigenvalue weighted by Gasteiger charge is 2.04. The molecule has 2 N–H and O–H groups in total. The molecule has 0 amide bonds. The van der Waals surface area contributed by atoms with Crippen LogP contribution in [0.25, 0.3) is 0 Å². The lowest BCUT2D eigenvalue weighted by atomic mass is 10.1. The van der Waals surface area contributed by atoms with Crippen LogP contribution in [0.2, 0.25) is 0 Å². The van der Waals surface area contributed by atoms with Gasteiger partial charge in [0.1, 0.15) is 6.10 Å². The summed E-state index contributed by atoms with van der Waals surface area (Å²) in [4.78, 5) is 0. The van der Waals surface area contributed by atoms with Crippen LogP contribution in [0.15, 0.2) is 0 Å². The van der Waals surface area contributed by atoms with Gasteiger partial charge in [-0.15, -0.1) is 0 Å². The van der Waals surface area contributed by atoms with Crippen LogP contribution in [0.1, 0.15) is 71.1 Å². The summed E-state index contributed by atoms with van der Waals surface area (Å²) in [6.45, 7) is 7.79. The SMILES string of the molecule is CCCCCCCCCCCCOCC(O)COCCOCCOCCOCCOCCO.